The fourth-order valence-electron chi connectivity index (χ4n) is 5.94. The number of ether oxygens (including phenoxy) is 5. The molecule has 1 heterocycles. The molecule has 2 N–H and O–H groups in total. The molecule has 1 aliphatic heterocycles. The molecule has 0 bridgehead atoms. The standard InChI is InChI=1S/C39H46N2O8/c1-39(2,3)48-38(43)49-41-23-33(27-47-37(40)42)36(35(24-41)46-26-29-14-15-30-12-7-8-13-32(30)22-29)31-16-18-34(19-17-31)45-21-9-20-44-25-28-10-5-4-6-11-28/h4-8,10-19,22,33,35-36H,9,20-21,23-27H2,1-3H3,(H2,40,42). The molecule has 1 fully saturated rings. The number of amides is 1. The predicted octanol–water partition coefficient (Wildman–Crippen LogP) is 7.39. The highest BCUT2D eigenvalue weighted by molar-refractivity contribution is 5.82. The molecule has 1 saturated heterocycles. The smallest absolute Gasteiger partial charge is 0.494 e. The van der Waals surface area contributed by atoms with E-state index in [0.717, 1.165) is 39.6 Å². The Morgan fingerprint density at radius 2 is 1.55 bits per heavy atom. The Morgan fingerprint density at radius 1 is 0.816 bits per heavy atom. The van der Waals surface area contributed by atoms with E-state index in [2.05, 4.69) is 24.3 Å². The summed E-state index contributed by atoms with van der Waals surface area (Å²) in [5.74, 6) is 0.189. The zero-order valence-electron chi connectivity index (χ0n) is 28.4. The summed E-state index contributed by atoms with van der Waals surface area (Å²) in [5, 5.41) is 3.77. The third kappa shape index (κ3) is 11.2. The highest BCUT2D eigenvalue weighted by Crippen LogP contribution is 2.37. The van der Waals surface area contributed by atoms with Gasteiger partial charge >= 0.3 is 12.2 Å². The van der Waals surface area contributed by atoms with E-state index in [1.807, 2.05) is 72.8 Å². The number of hydrogen-bond donors (Lipinski definition) is 1. The largest absolute Gasteiger partial charge is 0.528 e. The molecule has 0 spiro atoms. The van der Waals surface area contributed by atoms with Crippen molar-refractivity contribution in [3.05, 3.63) is 114 Å². The Balaban J connectivity index is 1.28. The predicted molar refractivity (Wildman–Crippen MR) is 186 cm³/mol. The van der Waals surface area contributed by atoms with Crippen LogP contribution in [0.1, 0.15) is 49.8 Å². The van der Waals surface area contributed by atoms with Crippen molar-refractivity contribution in [2.24, 2.45) is 11.7 Å². The van der Waals surface area contributed by atoms with E-state index in [-0.39, 0.29) is 31.5 Å². The molecule has 0 aliphatic carbocycles. The Morgan fingerprint density at radius 3 is 2.29 bits per heavy atom. The second kappa shape index (κ2) is 17.1. The van der Waals surface area contributed by atoms with Gasteiger partial charge in [0.25, 0.3) is 0 Å². The SMILES string of the molecule is CC(C)(C)OC(=O)ON1CC(COC(N)=O)C(c2ccc(OCCCOCc3ccccc3)cc2)C(OCc2ccc3ccccc3c2)C1. The molecule has 3 unspecified atom stereocenters. The van der Waals surface area contributed by atoms with Crippen molar-refractivity contribution >= 4 is 23.0 Å². The Hall–Kier alpha value is -4.64. The van der Waals surface area contributed by atoms with Crippen LogP contribution < -0.4 is 10.5 Å². The molecule has 1 aliphatic rings. The van der Waals surface area contributed by atoms with E-state index < -0.39 is 24.0 Å². The molecule has 49 heavy (non-hydrogen) atoms. The minimum Gasteiger partial charge on any atom is -0.494 e. The van der Waals surface area contributed by atoms with Gasteiger partial charge in [0, 0.05) is 24.8 Å². The van der Waals surface area contributed by atoms with E-state index in [9.17, 15) is 9.59 Å². The van der Waals surface area contributed by atoms with Crippen molar-refractivity contribution in [2.45, 2.75) is 58.0 Å². The Labute approximate surface area is 287 Å². The number of benzene rings is 4. The lowest BCUT2D eigenvalue weighted by Crippen LogP contribution is -2.51. The number of nitrogens with two attached hydrogens (primary N) is 1. The summed E-state index contributed by atoms with van der Waals surface area (Å²) in [7, 11) is 0. The maximum absolute atomic E-state index is 12.7. The van der Waals surface area contributed by atoms with E-state index in [0.29, 0.717) is 26.4 Å². The molecule has 4 aromatic rings. The van der Waals surface area contributed by atoms with Gasteiger partial charge in [0.05, 0.1) is 45.7 Å². The maximum Gasteiger partial charge on any atom is 0.528 e. The van der Waals surface area contributed by atoms with Crippen LogP contribution in [0, 0.1) is 5.92 Å². The second-order valence-corrected chi connectivity index (χ2v) is 13.2. The van der Waals surface area contributed by atoms with Gasteiger partial charge < -0.3 is 34.3 Å². The molecule has 4 aromatic carbocycles. The zero-order valence-corrected chi connectivity index (χ0v) is 28.4. The van der Waals surface area contributed by atoms with Gasteiger partial charge in [-0.15, -0.1) is 5.06 Å². The lowest BCUT2D eigenvalue weighted by molar-refractivity contribution is -0.194. The third-order valence-electron chi connectivity index (χ3n) is 8.12. The highest BCUT2D eigenvalue weighted by Gasteiger charge is 2.41. The first-order chi connectivity index (χ1) is 23.6. The number of piperidine rings is 1. The van der Waals surface area contributed by atoms with Crippen molar-refractivity contribution in [3.8, 4) is 5.75 Å². The first kappa shape index (κ1) is 35.7. The van der Waals surface area contributed by atoms with Crippen molar-refractivity contribution in [1.29, 1.82) is 0 Å². The lowest BCUT2D eigenvalue weighted by atomic mass is 9.79. The quantitative estimate of drug-likeness (QED) is 0.108. The summed E-state index contributed by atoms with van der Waals surface area (Å²) in [4.78, 5) is 30.0. The number of hydrogen-bond acceptors (Lipinski definition) is 9. The Kier molecular flexibility index (Phi) is 12.5. The molecule has 10 nitrogen and oxygen atoms in total. The number of primary amides is 1. The second-order valence-electron chi connectivity index (χ2n) is 13.2. The van der Waals surface area contributed by atoms with Crippen LogP contribution in [0.3, 0.4) is 0 Å². The van der Waals surface area contributed by atoms with Gasteiger partial charge in [-0.1, -0.05) is 78.9 Å². The van der Waals surface area contributed by atoms with E-state index in [1.165, 1.54) is 5.06 Å². The van der Waals surface area contributed by atoms with Crippen molar-refractivity contribution < 1.29 is 38.1 Å². The van der Waals surface area contributed by atoms with Gasteiger partial charge in [0.2, 0.25) is 0 Å². The van der Waals surface area contributed by atoms with Crippen LogP contribution >= 0.6 is 0 Å². The fourth-order valence-corrected chi connectivity index (χ4v) is 5.94. The van der Waals surface area contributed by atoms with Gasteiger partial charge in [-0.2, -0.15) is 0 Å². The summed E-state index contributed by atoms with van der Waals surface area (Å²) in [6, 6.07) is 32.3. The van der Waals surface area contributed by atoms with Gasteiger partial charge in [0.15, 0.2) is 0 Å². The molecule has 10 heteroatoms. The number of hydroxylamine groups is 2. The average Bonchev–Trinajstić information content (AvgIpc) is 3.07. The van der Waals surface area contributed by atoms with E-state index in [4.69, 9.17) is 34.3 Å². The molecule has 1 amide bonds. The molecular weight excluding hydrogens is 624 g/mol. The fraction of sp³-hybridized carbons (Fsp3) is 0.385. The minimum atomic E-state index is -0.880. The van der Waals surface area contributed by atoms with Crippen molar-refractivity contribution in [1.82, 2.24) is 5.06 Å². The van der Waals surface area contributed by atoms with Gasteiger partial charge in [-0.05, 0) is 66.4 Å². The molecule has 0 saturated carbocycles. The first-order valence-electron chi connectivity index (χ1n) is 16.6. The van der Waals surface area contributed by atoms with Crippen LogP contribution in [0.4, 0.5) is 9.59 Å². The summed E-state index contributed by atoms with van der Waals surface area (Å²) in [5.41, 5.74) is 7.77. The van der Waals surface area contributed by atoms with Crippen LogP contribution in [0.15, 0.2) is 97.1 Å². The first-order valence-corrected chi connectivity index (χ1v) is 16.6. The number of nitrogens with zero attached hydrogens (tertiary/aromatic N) is 1. The Bertz CT molecular complexity index is 1640. The van der Waals surface area contributed by atoms with Gasteiger partial charge in [-0.3, -0.25) is 0 Å². The summed E-state index contributed by atoms with van der Waals surface area (Å²) in [6.45, 7) is 7.86. The summed E-state index contributed by atoms with van der Waals surface area (Å²) >= 11 is 0. The van der Waals surface area contributed by atoms with Crippen LogP contribution in [0.5, 0.6) is 5.75 Å². The molecular formula is C39H46N2O8. The molecule has 260 valence electrons. The lowest BCUT2D eigenvalue weighted by Gasteiger charge is -2.42. The minimum absolute atomic E-state index is 0.00520. The normalized spacial score (nSPS) is 18.1. The van der Waals surface area contributed by atoms with Crippen LogP contribution in [-0.4, -0.2) is 61.9 Å². The van der Waals surface area contributed by atoms with Gasteiger partial charge in [0.1, 0.15) is 11.4 Å². The van der Waals surface area contributed by atoms with Crippen LogP contribution in [0.2, 0.25) is 0 Å². The summed E-state index contributed by atoms with van der Waals surface area (Å²) < 4.78 is 29.1. The van der Waals surface area contributed by atoms with Crippen LogP contribution in [-0.2, 0) is 37.0 Å². The topological polar surface area (TPSA) is 119 Å². The van der Waals surface area contributed by atoms with Gasteiger partial charge in [-0.25, -0.2) is 9.59 Å². The van der Waals surface area contributed by atoms with E-state index >= 15 is 0 Å². The molecule has 5 rings (SSSR count). The molecule has 0 aromatic heterocycles. The van der Waals surface area contributed by atoms with Crippen molar-refractivity contribution in [3.63, 3.8) is 0 Å². The van der Waals surface area contributed by atoms with Crippen LogP contribution in [0.25, 0.3) is 10.8 Å². The molecule has 0 radical (unpaired) electrons. The number of rotatable bonds is 14. The zero-order chi connectivity index (χ0) is 34.6. The van der Waals surface area contributed by atoms with Crippen molar-refractivity contribution in [2.75, 3.05) is 32.9 Å². The number of fused-ring (bicyclic) bond motifs is 1. The number of carbonyl (C=O) groups is 2. The third-order valence-corrected chi connectivity index (χ3v) is 8.12. The maximum atomic E-state index is 12.7. The number of carbonyl (C=O) groups excluding carboxylic acids is 2. The van der Waals surface area contributed by atoms with E-state index in [1.54, 1.807) is 20.8 Å². The highest BCUT2D eigenvalue weighted by atomic mass is 16.8. The monoisotopic (exact) mass is 670 g/mol. The molecule has 3 atom stereocenters. The summed E-state index contributed by atoms with van der Waals surface area (Å²) in [6.07, 6.45) is -1.39. The average molecular weight is 671 g/mol.